The molecule has 0 fully saturated rings. The fraction of sp³-hybridized carbons (Fsp3) is 0.571. The molecule has 0 aliphatic rings. The Kier molecular flexibility index (Phi) is 6.48. The van der Waals surface area contributed by atoms with Crippen molar-refractivity contribution in [3.05, 3.63) is 23.8 Å². The zero-order chi connectivity index (χ0) is 12.5. The smallest absolute Gasteiger partial charge is 0.126 e. The maximum absolute atomic E-state index is 5.75. The van der Waals surface area contributed by atoms with Crippen LogP contribution in [0.1, 0.15) is 32.3 Å². The summed E-state index contributed by atoms with van der Waals surface area (Å²) in [7, 11) is 0. The minimum Gasteiger partial charge on any atom is -0.494 e. The first-order valence-electron chi connectivity index (χ1n) is 6.40. The summed E-state index contributed by atoms with van der Waals surface area (Å²) < 4.78 is 11.2. The Morgan fingerprint density at radius 1 is 1.18 bits per heavy atom. The fourth-order valence-corrected chi connectivity index (χ4v) is 1.64. The van der Waals surface area contributed by atoms with Gasteiger partial charge in [-0.3, -0.25) is 0 Å². The molecule has 1 aromatic carbocycles. The Morgan fingerprint density at radius 3 is 2.65 bits per heavy atom. The van der Waals surface area contributed by atoms with Gasteiger partial charge in [0.1, 0.15) is 11.5 Å². The predicted molar refractivity (Wildman–Crippen MR) is 70.8 cm³/mol. The van der Waals surface area contributed by atoms with Crippen LogP contribution in [0.2, 0.25) is 0 Å². The van der Waals surface area contributed by atoms with E-state index in [1.807, 2.05) is 19.1 Å². The van der Waals surface area contributed by atoms with Crippen LogP contribution < -0.4 is 15.2 Å². The topological polar surface area (TPSA) is 44.5 Å². The molecule has 0 saturated carbocycles. The Labute approximate surface area is 104 Å². The van der Waals surface area contributed by atoms with Crippen molar-refractivity contribution in [3.63, 3.8) is 0 Å². The van der Waals surface area contributed by atoms with E-state index in [1.165, 1.54) is 5.56 Å². The van der Waals surface area contributed by atoms with E-state index in [2.05, 4.69) is 13.0 Å². The number of hydrogen-bond acceptors (Lipinski definition) is 3. The van der Waals surface area contributed by atoms with Crippen molar-refractivity contribution in [1.82, 2.24) is 0 Å². The Bertz CT molecular complexity index is 326. The summed E-state index contributed by atoms with van der Waals surface area (Å²) in [5, 5.41) is 0. The second kappa shape index (κ2) is 7.96. The quantitative estimate of drug-likeness (QED) is 0.756. The molecule has 17 heavy (non-hydrogen) atoms. The van der Waals surface area contributed by atoms with E-state index >= 15 is 0 Å². The molecule has 1 rings (SSSR count). The minimum atomic E-state index is 0.676. The van der Waals surface area contributed by atoms with Crippen LogP contribution >= 0.6 is 0 Å². The summed E-state index contributed by atoms with van der Waals surface area (Å²) in [4.78, 5) is 0. The lowest BCUT2D eigenvalue weighted by atomic mass is 10.1. The summed E-state index contributed by atoms with van der Waals surface area (Å²) in [6, 6.07) is 6.05. The number of aryl methyl sites for hydroxylation is 1. The fourth-order valence-electron chi connectivity index (χ4n) is 1.64. The molecule has 0 aromatic heterocycles. The second-order valence-electron chi connectivity index (χ2n) is 3.94. The van der Waals surface area contributed by atoms with Gasteiger partial charge < -0.3 is 15.2 Å². The van der Waals surface area contributed by atoms with E-state index in [1.54, 1.807) is 0 Å². The van der Waals surface area contributed by atoms with Crippen molar-refractivity contribution in [1.29, 1.82) is 0 Å². The zero-order valence-corrected chi connectivity index (χ0v) is 10.9. The molecular formula is C14H23NO2. The summed E-state index contributed by atoms with van der Waals surface area (Å²) in [5.41, 5.74) is 6.75. The van der Waals surface area contributed by atoms with Crippen molar-refractivity contribution in [2.45, 2.75) is 33.1 Å². The van der Waals surface area contributed by atoms with Crippen LogP contribution in [0.25, 0.3) is 0 Å². The van der Waals surface area contributed by atoms with Gasteiger partial charge in [0.15, 0.2) is 0 Å². The third kappa shape index (κ3) is 4.65. The van der Waals surface area contributed by atoms with Crippen molar-refractivity contribution in [2.24, 2.45) is 5.73 Å². The summed E-state index contributed by atoms with van der Waals surface area (Å²) >= 11 is 0. The van der Waals surface area contributed by atoms with Gasteiger partial charge in [-0.2, -0.15) is 0 Å². The van der Waals surface area contributed by atoms with Gasteiger partial charge >= 0.3 is 0 Å². The molecule has 96 valence electrons. The third-order valence-corrected chi connectivity index (χ3v) is 2.46. The highest BCUT2D eigenvalue weighted by molar-refractivity contribution is 5.40. The Morgan fingerprint density at radius 2 is 2.00 bits per heavy atom. The monoisotopic (exact) mass is 237 g/mol. The van der Waals surface area contributed by atoms with Crippen LogP contribution in [0, 0.1) is 0 Å². The molecule has 0 radical (unpaired) electrons. The molecule has 0 aliphatic heterocycles. The molecule has 0 amide bonds. The predicted octanol–water partition coefficient (Wildman–Crippen LogP) is 2.77. The van der Waals surface area contributed by atoms with Crippen LogP contribution in [0.4, 0.5) is 0 Å². The lowest BCUT2D eigenvalue weighted by Gasteiger charge is -2.13. The molecule has 3 heteroatoms. The molecule has 0 saturated heterocycles. The highest BCUT2D eigenvalue weighted by Gasteiger charge is 2.05. The molecule has 2 N–H and O–H groups in total. The largest absolute Gasteiger partial charge is 0.494 e. The average Bonchev–Trinajstić information content (AvgIpc) is 2.35. The Hall–Kier alpha value is -1.22. The van der Waals surface area contributed by atoms with Crippen LogP contribution in [0.3, 0.4) is 0 Å². The van der Waals surface area contributed by atoms with Crippen LogP contribution in [0.15, 0.2) is 18.2 Å². The number of hydrogen-bond donors (Lipinski definition) is 1. The first-order chi connectivity index (χ1) is 8.31. The summed E-state index contributed by atoms with van der Waals surface area (Å²) in [6.07, 6.45) is 2.95. The van der Waals surface area contributed by atoms with Crippen molar-refractivity contribution in [3.8, 4) is 11.5 Å². The van der Waals surface area contributed by atoms with Gasteiger partial charge in [0.05, 0.1) is 13.2 Å². The zero-order valence-electron chi connectivity index (χ0n) is 10.9. The van der Waals surface area contributed by atoms with E-state index < -0.39 is 0 Å². The molecule has 0 aliphatic carbocycles. The van der Waals surface area contributed by atoms with E-state index in [-0.39, 0.29) is 0 Å². The highest BCUT2D eigenvalue weighted by atomic mass is 16.5. The van der Waals surface area contributed by atoms with Gasteiger partial charge in [-0.15, -0.1) is 0 Å². The van der Waals surface area contributed by atoms with Gasteiger partial charge in [-0.05, 0) is 44.4 Å². The minimum absolute atomic E-state index is 0.676. The van der Waals surface area contributed by atoms with Gasteiger partial charge in [-0.25, -0.2) is 0 Å². The second-order valence-corrected chi connectivity index (χ2v) is 3.94. The van der Waals surface area contributed by atoms with Crippen molar-refractivity contribution < 1.29 is 9.47 Å². The maximum atomic E-state index is 5.75. The SMILES string of the molecule is CCCOc1cc(OCC)ccc1CCCN. The van der Waals surface area contributed by atoms with Gasteiger partial charge in [0.2, 0.25) is 0 Å². The normalized spacial score (nSPS) is 10.3. The van der Waals surface area contributed by atoms with Crippen LogP contribution in [0.5, 0.6) is 11.5 Å². The number of nitrogens with two attached hydrogens (primary N) is 1. The molecule has 1 aromatic rings. The lowest BCUT2D eigenvalue weighted by molar-refractivity contribution is 0.306. The standard InChI is InChI=1S/C14H23NO2/c1-3-10-17-14-11-13(16-4-2)8-7-12(14)6-5-9-15/h7-8,11H,3-6,9-10,15H2,1-2H3. The summed E-state index contributed by atoms with van der Waals surface area (Å²) in [5.74, 6) is 1.81. The summed E-state index contributed by atoms with van der Waals surface area (Å²) in [6.45, 7) is 6.21. The maximum Gasteiger partial charge on any atom is 0.126 e. The lowest BCUT2D eigenvalue weighted by Crippen LogP contribution is -2.04. The van der Waals surface area contributed by atoms with E-state index in [0.717, 1.165) is 37.4 Å². The molecule has 0 atom stereocenters. The molecule has 0 bridgehead atoms. The molecule has 0 spiro atoms. The average molecular weight is 237 g/mol. The molecule has 3 nitrogen and oxygen atoms in total. The van der Waals surface area contributed by atoms with E-state index in [0.29, 0.717) is 13.2 Å². The first-order valence-corrected chi connectivity index (χ1v) is 6.40. The molecule has 0 heterocycles. The van der Waals surface area contributed by atoms with Crippen LogP contribution in [-0.4, -0.2) is 19.8 Å². The van der Waals surface area contributed by atoms with E-state index in [4.69, 9.17) is 15.2 Å². The number of benzene rings is 1. The first kappa shape index (κ1) is 13.8. The van der Waals surface area contributed by atoms with Crippen molar-refractivity contribution >= 4 is 0 Å². The highest BCUT2D eigenvalue weighted by Crippen LogP contribution is 2.26. The van der Waals surface area contributed by atoms with Crippen molar-refractivity contribution in [2.75, 3.05) is 19.8 Å². The van der Waals surface area contributed by atoms with Crippen LogP contribution in [-0.2, 0) is 6.42 Å². The van der Waals surface area contributed by atoms with Gasteiger partial charge in [0.25, 0.3) is 0 Å². The molecule has 0 unspecified atom stereocenters. The van der Waals surface area contributed by atoms with E-state index in [9.17, 15) is 0 Å². The molecular weight excluding hydrogens is 214 g/mol. The number of ether oxygens (including phenoxy) is 2. The van der Waals surface area contributed by atoms with Gasteiger partial charge in [-0.1, -0.05) is 13.0 Å². The van der Waals surface area contributed by atoms with Gasteiger partial charge in [0, 0.05) is 6.07 Å². The Balaban J connectivity index is 2.78. The number of rotatable bonds is 8. The third-order valence-electron chi connectivity index (χ3n) is 2.46.